The highest BCUT2D eigenvalue weighted by atomic mass is 16.2. The molecule has 0 aromatic rings. The van der Waals surface area contributed by atoms with Gasteiger partial charge in [0.2, 0.25) is 11.8 Å². The fourth-order valence-corrected chi connectivity index (χ4v) is 3.91. The molecule has 3 rings (SSSR count). The second-order valence-electron chi connectivity index (χ2n) is 5.80. The Kier molecular flexibility index (Phi) is 3.04. The van der Waals surface area contributed by atoms with E-state index >= 15 is 0 Å². The summed E-state index contributed by atoms with van der Waals surface area (Å²) in [5.41, 5.74) is 0. The van der Waals surface area contributed by atoms with Gasteiger partial charge in [0.25, 0.3) is 0 Å². The summed E-state index contributed by atoms with van der Waals surface area (Å²) in [6.07, 6.45) is 7.18. The van der Waals surface area contributed by atoms with Crippen molar-refractivity contribution in [1.82, 2.24) is 9.80 Å². The molecule has 0 bridgehead atoms. The second kappa shape index (κ2) is 4.56. The lowest BCUT2D eigenvalue weighted by Crippen LogP contribution is -2.64. The molecule has 4 heteroatoms. The molecule has 100 valence electrons. The average molecular weight is 250 g/mol. The Morgan fingerprint density at radius 2 is 1.78 bits per heavy atom. The molecule has 4 nitrogen and oxygen atoms in total. The summed E-state index contributed by atoms with van der Waals surface area (Å²) >= 11 is 0. The minimum Gasteiger partial charge on any atom is -0.329 e. The Morgan fingerprint density at radius 1 is 1.06 bits per heavy atom. The highest BCUT2D eigenvalue weighted by molar-refractivity contribution is 5.97. The minimum atomic E-state index is -0.185. The summed E-state index contributed by atoms with van der Waals surface area (Å²) in [7, 11) is 0. The van der Waals surface area contributed by atoms with Crippen molar-refractivity contribution >= 4 is 11.8 Å². The quantitative estimate of drug-likeness (QED) is 0.746. The van der Waals surface area contributed by atoms with Crippen LogP contribution in [0, 0.1) is 0 Å². The van der Waals surface area contributed by atoms with Gasteiger partial charge in [-0.25, -0.2) is 0 Å². The van der Waals surface area contributed by atoms with Crippen molar-refractivity contribution in [3.8, 4) is 0 Å². The predicted molar refractivity (Wildman–Crippen MR) is 67.9 cm³/mol. The third-order valence-corrected chi connectivity index (χ3v) is 4.80. The van der Waals surface area contributed by atoms with Crippen LogP contribution in [0.3, 0.4) is 0 Å². The molecule has 18 heavy (non-hydrogen) atoms. The monoisotopic (exact) mass is 250 g/mol. The fourth-order valence-electron chi connectivity index (χ4n) is 3.91. The molecule has 1 saturated carbocycles. The van der Waals surface area contributed by atoms with Crippen molar-refractivity contribution in [2.75, 3.05) is 6.54 Å². The molecule has 1 aliphatic carbocycles. The van der Waals surface area contributed by atoms with Gasteiger partial charge in [-0.15, -0.1) is 0 Å². The van der Waals surface area contributed by atoms with E-state index in [1.54, 1.807) is 0 Å². The standard InChI is InChI=1S/C14H22N2O2/c1-2-11-13(17)15-9-5-8-12(15)14(18)16(11)10-6-3-4-7-10/h10-12H,2-9H2,1H3. The molecule has 3 aliphatic rings. The van der Waals surface area contributed by atoms with E-state index in [1.807, 2.05) is 16.7 Å². The highest BCUT2D eigenvalue weighted by Crippen LogP contribution is 2.34. The summed E-state index contributed by atoms with van der Waals surface area (Å²) in [5.74, 6) is 0.428. The van der Waals surface area contributed by atoms with Crippen LogP contribution >= 0.6 is 0 Å². The van der Waals surface area contributed by atoms with E-state index in [4.69, 9.17) is 0 Å². The third-order valence-electron chi connectivity index (χ3n) is 4.80. The average Bonchev–Trinajstić information content (AvgIpc) is 3.02. The Balaban J connectivity index is 1.89. The van der Waals surface area contributed by atoms with Crippen LogP contribution < -0.4 is 0 Å². The van der Waals surface area contributed by atoms with Gasteiger partial charge in [0.1, 0.15) is 12.1 Å². The van der Waals surface area contributed by atoms with Crippen LogP contribution in [-0.2, 0) is 9.59 Å². The lowest BCUT2D eigenvalue weighted by Gasteiger charge is -2.45. The van der Waals surface area contributed by atoms with Gasteiger partial charge >= 0.3 is 0 Å². The van der Waals surface area contributed by atoms with Crippen molar-refractivity contribution in [2.45, 2.75) is 70.0 Å². The lowest BCUT2D eigenvalue weighted by atomic mass is 10.00. The highest BCUT2D eigenvalue weighted by Gasteiger charge is 2.49. The molecule has 2 heterocycles. The van der Waals surface area contributed by atoms with E-state index in [0.717, 1.165) is 38.6 Å². The Hall–Kier alpha value is -1.06. The van der Waals surface area contributed by atoms with Crippen molar-refractivity contribution in [3.05, 3.63) is 0 Å². The molecular formula is C14H22N2O2. The van der Waals surface area contributed by atoms with Gasteiger partial charge in [0, 0.05) is 12.6 Å². The maximum atomic E-state index is 12.6. The first-order chi connectivity index (χ1) is 8.74. The summed E-state index contributed by atoms with van der Waals surface area (Å²) in [4.78, 5) is 28.9. The zero-order valence-corrected chi connectivity index (χ0v) is 11.1. The van der Waals surface area contributed by atoms with Crippen molar-refractivity contribution in [2.24, 2.45) is 0 Å². The molecule has 2 saturated heterocycles. The van der Waals surface area contributed by atoms with Crippen LogP contribution in [0.15, 0.2) is 0 Å². The number of nitrogens with zero attached hydrogens (tertiary/aromatic N) is 2. The third kappa shape index (κ3) is 1.65. The number of carbonyl (C=O) groups excluding carboxylic acids is 2. The van der Waals surface area contributed by atoms with Crippen molar-refractivity contribution in [3.63, 3.8) is 0 Å². The first-order valence-electron chi connectivity index (χ1n) is 7.36. The van der Waals surface area contributed by atoms with Crippen LogP contribution in [0.4, 0.5) is 0 Å². The van der Waals surface area contributed by atoms with Crippen LogP contribution in [0.2, 0.25) is 0 Å². The minimum absolute atomic E-state index is 0.138. The number of hydrogen-bond donors (Lipinski definition) is 0. The molecule has 2 aliphatic heterocycles. The van der Waals surface area contributed by atoms with E-state index in [0.29, 0.717) is 6.04 Å². The van der Waals surface area contributed by atoms with E-state index in [2.05, 4.69) is 0 Å². The molecule has 0 aromatic carbocycles. The normalized spacial score (nSPS) is 33.4. The molecule has 2 amide bonds. The van der Waals surface area contributed by atoms with Gasteiger partial charge in [0.05, 0.1) is 0 Å². The molecule has 0 spiro atoms. The number of piperazine rings is 1. The van der Waals surface area contributed by atoms with E-state index < -0.39 is 0 Å². The number of fused-ring (bicyclic) bond motifs is 1. The Morgan fingerprint density at radius 3 is 2.44 bits per heavy atom. The van der Waals surface area contributed by atoms with Gasteiger partial charge in [-0.3, -0.25) is 9.59 Å². The van der Waals surface area contributed by atoms with Gasteiger partial charge in [0.15, 0.2) is 0 Å². The Bertz CT molecular complexity index is 363. The van der Waals surface area contributed by atoms with Crippen molar-refractivity contribution in [1.29, 1.82) is 0 Å². The maximum absolute atomic E-state index is 12.6. The molecule has 0 aromatic heterocycles. The van der Waals surface area contributed by atoms with E-state index in [-0.39, 0.29) is 23.9 Å². The summed E-state index contributed by atoms with van der Waals surface area (Å²) in [6.45, 7) is 2.80. The first kappa shape index (κ1) is 12.0. The van der Waals surface area contributed by atoms with Gasteiger partial charge in [-0.05, 0) is 32.1 Å². The van der Waals surface area contributed by atoms with Gasteiger partial charge in [-0.2, -0.15) is 0 Å². The largest absolute Gasteiger partial charge is 0.329 e. The number of amides is 2. The SMILES string of the molecule is CCC1C(=O)N2CCCC2C(=O)N1C1CCCC1. The summed E-state index contributed by atoms with van der Waals surface area (Å²) in [6, 6.07) is 0.00463. The molecule has 2 atom stereocenters. The first-order valence-corrected chi connectivity index (χ1v) is 7.36. The maximum Gasteiger partial charge on any atom is 0.246 e. The summed E-state index contributed by atoms with van der Waals surface area (Å²) < 4.78 is 0. The lowest BCUT2D eigenvalue weighted by molar-refractivity contribution is -0.162. The topological polar surface area (TPSA) is 40.6 Å². The van der Waals surface area contributed by atoms with Gasteiger partial charge < -0.3 is 9.80 Å². The Labute approximate surface area is 108 Å². The zero-order chi connectivity index (χ0) is 12.7. The second-order valence-corrected chi connectivity index (χ2v) is 5.80. The number of carbonyl (C=O) groups is 2. The fraction of sp³-hybridized carbons (Fsp3) is 0.857. The van der Waals surface area contributed by atoms with Crippen molar-refractivity contribution < 1.29 is 9.59 Å². The molecule has 3 fully saturated rings. The van der Waals surface area contributed by atoms with E-state index in [9.17, 15) is 9.59 Å². The van der Waals surface area contributed by atoms with Crippen LogP contribution in [0.25, 0.3) is 0 Å². The molecule has 2 unspecified atom stereocenters. The molecule has 0 radical (unpaired) electrons. The molecular weight excluding hydrogens is 228 g/mol. The molecule has 0 N–H and O–H groups in total. The van der Waals surface area contributed by atoms with Gasteiger partial charge in [-0.1, -0.05) is 19.8 Å². The van der Waals surface area contributed by atoms with Crippen LogP contribution in [-0.4, -0.2) is 46.3 Å². The van der Waals surface area contributed by atoms with Crippen LogP contribution in [0.1, 0.15) is 51.9 Å². The predicted octanol–water partition coefficient (Wildman–Crippen LogP) is 1.54. The zero-order valence-electron chi connectivity index (χ0n) is 11.1. The summed E-state index contributed by atoms with van der Waals surface area (Å²) in [5, 5.41) is 0. The number of hydrogen-bond acceptors (Lipinski definition) is 2. The smallest absolute Gasteiger partial charge is 0.246 e. The van der Waals surface area contributed by atoms with E-state index in [1.165, 1.54) is 12.8 Å². The van der Waals surface area contributed by atoms with Crippen LogP contribution in [0.5, 0.6) is 0 Å². The number of rotatable bonds is 2.